The van der Waals surface area contributed by atoms with Gasteiger partial charge in [0.2, 0.25) is 0 Å². The van der Waals surface area contributed by atoms with Crippen LogP contribution in [0.25, 0.3) is 11.1 Å². The average molecular weight is 679 g/mol. The lowest BCUT2D eigenvalue weighted by Gasteiger charge is -2.48. The molecular weight excluding hydrogens is 639 g/mol. The molecule has 52 heavy (non-hydrogen) atoms. The summed E-state index contributed by atoms with van der Waals surface area (Å²) in [5.74, 6) is 4.62. The molecule has 0 spiro atoms. The number of anilines is 5. The first kappa shape index (κ1) is 30.1. The summed E-state index contributed by atoms with van der Waals surface area (Å²) in [4.78, 5) is 5.03. The van der Waals surface area contributed by atoms with Gasteiger partial charge in [-0.1, -0.05) is 76.2 Å². The summed E-state index contributed by atoms with van der Waals surface area (Å²) in [5, 5.41) is 0. The molecule has 0 N–H and O–H groups in total. The standard InChI is InChI=1S/C46H39BN2O3/c1-26-20-29-28-12-11-17-40-44(28)49(33-13-7-8-14-37(33)50-40)47-32-24-41-42(52-39-16-10-9-15-38(39)51-41)25-35(32)48(36(21-26)43(29)47)34-23-31-30(22-27(34)2)45(3,4)18-19-46(31,5)6/h7-17,20-25H,18-19H2,1-6H3. The van der Waals surface area contributed by atoms with E-state index in [4.69, 9.17) is 14.2 Å². The quantitative estimate of drug-likeness (QED) is 0.162. The molecule has 0 fully saturated rings. The van der Waals surface area contributed by atoms with E-state index in [1.54, 1.807) is 0 Å². The molecule has 0 atom stereocenters. The maximum absolute atomic E-state index is 6.64. The van der Waals surface area contributed by atoms with Gasteiger partial charge in [-0.2, -0.15) is 0 Å². The van der Waals surface area contributed by atoms with Crippen molar-refractivity contribution in [3.63, 3.8) is 0 Å². The number of rotatable bonds is 1. The zero-order valence-electron chi connectivity index (χ0n) is 30.4. The van der Waals surface area contributed by atoms with E-state index in [0.29, 0.717) is 0 Å². The Hall–Kier alpha value is -5.62. The van der Waals surface area contributed by atoms with Crippen LogP contribution in [0.4, 0.5) is 28.4 Å². The Balaban J connectivity index is 1.25. The lowest BCUT2D eigenvalue weighted by atomic mass is 9.43. The second-order valence-corrected chi connectivity index (χ2v) is 16.5. The molecule has 6 aromatic rings. The van der Waals surface area contributed by atoms with Gasteiger partial charge in [0.1, 0.15) is 5.75 Å². The highest BCUT2D eigenvalue weighted by Crippen LogP contribution is 2.57. The van der Waals surface area contributed by atoms with Crippen molar-refractivity contribution >= 4 is 46.2 Å². The highest BCUT2D eigenvalue weighted by molar-refractivity contribution is 6.93. The number of nitrogens with zero attached hydrogens (tertiary/aromatic N) is 2. The van der Waals surface area contributed by atoms with Crippen molar-refractivity contribution in [3.05, 3.63) is 125 Å². The first-order valence-corrected chi connectivity index (χ1v) is 18.5. The summed E-state index contributed by atoms with van der Waals surface area (Å²) >= 11 is 0. The molecule has 0 saturated heterocycles. The summed E-state index contributed by atoms with van der Waals surface area (Å²) in [6, 6.07) is 37.0. The molecular formula is C46H39BN2O3. The molecule has 6 heteroatoms. The number of aryl methyl sites for hydroxylation is 2. The molecule has 5 nitrogen and oxygen atoms in total. The number of para-hydroxylation sites is 5. The van der Waals surface area contributed by atoms with E-state index in [2.05, 4.69) is 130 Å². The Morgan fingerprint density at radius 3 is 1.92 bits per heavy atom. The third-order valence-electron chi connectivity index (χ3n) is 12.3. The molecule has 11 rings (SSSR count). The Morgan fingerprint density at radius 2 is 1.17 bits per heavy atom. The summed E-state index contributed by atoms with van der Waals surface area (Å²) in [6.45, 7) is 14.0. The van der Waals surface area contributed by atoms with E-state index in [0.717, 1.165) is 63.4 Å². The Kier molecular flexibility index (Phi) is 5.80. The summed E-state index contributed by atoms with van der Waals surface area (Å²) in [7, 11) is 0. The summed E-state index contributed by atoms with van der Waals surface area (Å²) < 4.78 is 19.9. The van der Waals surface area contributed by atoms with Gasteiger partial charge >= 0.3 is 6.85 Å². The Morgan fingerprint density at radius 1 is 0.538 bits per heavy atom. The van der Waals surface area contributed by atoms with Crippen molar-refractivity contribution in [2.45, 2.75) is 65.2 Å². The number of benzene rings is 6. The van der Waals surface area contributed by atoms with E-state index >= 15 is 0 Å². The molecule has 0 unspecified atom stereocenters. The van der Waals surface area contributed by atoms with Crippen molar-refractivity contribution in [2.75, 3.05) is 9.71 Å². The first-order valence-electron chi connectivity index (χ1n) is 18.5. The molecule has 0 amide bonds. The highest BCUT2D eigenvalue weighted by Gasteiger charge is 2.49. The maximum atomic E-state index is 6.64. The molecule has 4 heterocycles. The van der Waals surface area contributed by atoms with Crippen molar-refractivity contribution in [1.82, 2.24) is 0 Å². The fraction of sp³-hybridized carbons (Fsp3) is 0.217. The highest BCUT2D eigenvalue weighted by atomic mass is 16.6. The van der Waals surface area contributed by atoms with Crippen molar-refractivity contribution in [1.29, 1.82) is 0 Å². The number of hydrogen-bond donors (Lipinski definition) is 0. The monoisotopic (exact) mass is 678 g/mol. The molecule has 4 aliphatic heterocycles. The van der Waals surface area contributed by atoms with Crippen molar-refractivity contribution in [3.8, 4) is 45.6 Å². The van der Waals surface area contributed by atoms with Gasteiger partial charge in [-0.3, -0.25) is 0 Å². The third-order valence-corrected chi connectivity index (χ3v) is 12.3. The summed E-state index contributed by atoms with van der Waals surface area (Å²) in [6.07, 6.45) is 2.33. The Bertz CT molecular complexity index is 2570. The number of hydrogen-bond acceptors (Lipinski definition) is 5. The number of ether oxygens (including phenoxy) is 3. The zero-order valence-corrected chi connectivity index (χ0v) is 30.4. The SMILES string of the molecule is Cc1cc2c3c(c1)N(c1cc4c(cc1C)C(C)(C)CCC4(C)C)c1cc4c(cc1B3N1c3ccccc3Oc3cccc-2c31)Oc1ccccc1O4. The maximum Gasteiger partial charge on any atom is 0.333 e. The lowest BCUT2D eigenvalue weighted by molar-refractivity contribution is 0.332. The van der Waals surface area contributed by atoms with Gasteiger partial charge in [0.05, 0.1) is 11.4 Å². The number of fused-ring (bicyclic) bond motifs is 9. The van der Waals surface area contributed by atoms with Crippen LogP contribution in [0.2, 0.25) is 0 Å². The molecule has 0 radical (unpaired) electrons. The van der Waals surface area contributed by atoms with Gasteiger partial charge < -0.3 is 23.9 Å². The second kappa shape index (κ2) is 10.0. The third kappa shape index (κ3) is 3.95. The van der Waals surface area contributed by atoms with E-state index in [9.17, 15) is 0 Å². The first-order chi connectivity index (χ1) is 25.1. The van der Waals surface area contributed by atoms with Gasteiger partial charge in [-0.15, -0.1) is 0 Å². The molecule has 0 saturated carbocycles. The Labute approximate surface area is 305 Å². The van der Waals surface area contributed by atoms with E-state index in [1.807, 2.05) is 24.3 Å². The zero-order chi connectivity index (χ0) is 35.3. The van der Waals surface area contributed by atoms with Gasteiger partial charge in [0.25, 0.3) is 0 Å². The van der Waals surface area contributed by atoms with Gasteiger partial charge in [-0.05, 0) is 125 Å². The van der Waals surface area contributed by atoms with Crippen LogP contribution in [-0.4, -0.2) is 6.85 Å². The van der Waals surface area contributed by atoms with Gasteiger partial charge in [0, 0.05) is 28.7 Å². The predicted octanol–water partition coefficient (Wildman–Crippen LogP) is 11.4. The molecule has 6 aromatic carbocycles. The fourth-order valence-electron chi connectivity index (χ4n) is 9.55. The molecule has 0 aromatic heterocycles. The minimum Gasteiger partial charge on any atom is -0.453 e. The van der Waals surface area contributed by atoms with Crippen LogP contribution in [-0.2, 0) is 10.8 Å². The summed E-state index contributed by atoms with van der Waals surface area (Å²) in [5.41, 5.74) is 16.1. The van der Waals surface area contributed by atoms with Crippen LogP contribution >= 0.6 is 0 Å². The predicted molar refractivity (Wildman–Crippen MR) is 212 cm³/mol. The minimum absolute atomic E-state index is 0.0594. The topological polar surface area (TPSA) is 34.2 Å². The average Bonchev–Trinajstić information content (AvgIpc) is 3.13. The van der Waals surface area contributed by atoms with Gasteiger partial charge in [0.15, 0.2) is 28.7 Å². The molecule has 5 aliphatic rings. The van der Waals surface area contributed by atoms with E-state index < -0.39 is 0 Å². The van der Waals surface area contributed by atoms with Crippen molar-refractivity contribution in [2.24, 2.45) is 0 Å². The van der Waals surface area contributed by atoms with E-state index in [1.165, 1.54) is 56.6 Å². The normalized spacial score (nSPS) is 17.2. The van der Waals surface area contributed by atoms with Crippen LogP contribution in [0.15, 0.2) is 103 Å². The van der Waals surface area contributed by atoms with Crippen LogP contribution in [0.1, 0.15) is 62.8 Å². The van der Waals surface area contributed by atoms with Gasteiger partial charge in [-0.25, -0.2) is 0 Å². The van der Waals surface area contributed by atoms with Crippen LogP contribution in [0.5, 0.6) is 34.5 Å². The van der Waals surface area contributed by atoms with E-state index in [-0.39, 0.29) is 17.7 Å². The minimum atomic E-state index is -0.144. The van der Waals surface area contributed by atoms with Crippen LogP contribution in [0.3, 0.4) is 0 Å². The largest absolute Gasteiger partial charge is 0.453 e. The fourth-order valence-corrected chi connectivity index (χ4v) is 9.55. The molecule has 1 aliphatic carbocycles. The lowest BCUT2D eigenvalue weighted by Crippen LogP contribution is -2.62. The van der Waals surface area contributed by atoms with Crippen LogP contribution in [0, 0.1) is 13.8 Å². The molecule has 254 valence electrons. The van der Waals surface area contributed by atoms with Crippen LogP contribution < -0.4 is 34.8 Å². The second-order valence-electron chi connectivity index (χ2n) is 16.5. The smallest absolute Gasteiger partial charge is 0.333 e. The van der Waals surface area contributed by atoms with Crippen molar-refractivity contribution < 1.29 is 14.2 Å². The molecule has 0 bridgehead atoms.